The molecule has 0 radical (unpaired) electrons. The number of hydrogen-bond donors (Lipinski definition) is 2. The molecule has 162 valence electrons. The summed E-state index contributed by atoms with van der Waals surface area (Å²) in [5, 5.41) is 2.64. The van der Waals surface area contributed by atoms with Crippen LogP contribution in [0.4, 0.5) is 0 Å². The third-order valence-electron chi connectivity index (χ3n) is 5.47. The van der Waals surface area contributed by atoms with Gasteiger partial charge >= 0.3 is 0 Å². The van der Waals surface area contributed by atoms with Crippen molar-refractivity contribution in [2.75, 3.05) is 12.8 Å². The van der Waals surface area contributed by atoms with E-state index in [4.69, 9.17) is 0 Å². The number of sulfonamides is 1. The summed E-state index contributed by atoms with van der Waals surface area (Å²) in [6, 6.07) is 6.98. The number of carbonyl (C=O) groups is 2. The molecule has 1 aliphatic rings. The molecule has 0 unspecified atom stereocenters. The molecule has 1 aromatic rings. The summed E-state index contributed by atoms with van der Waals surface area (Å²) in [7, 11) is -1.90. The average Bonchev–Trinajstić information content (AvgIpc) is 2.66. The van der Waals surface area contributed by atoms with Crippen LogP contribution in [0.15, 0.2) is 24.3 Å². The van der Waals surface area contributed by atoms with E-state index in [1.54, 1.807) is 36.2 Å². The zero-order chi connectivity index (χ0) is 21.6. The van der Waals surface area contributed by atoms with Crippen molar-refractivity contribution < 1.29 is 18.0 Å². The van der Waals surface area contributed by atoms with Crippen molar-refractivity contribution in [2.45, 2.75) is 65.1 Å². The minimum Gasteiger partial charge on any atom is -0.351 e. The van der Waals surface area contributed by atoms with Gasteiger partial charge in [-0.3, -0.25) is 9.59 Å². The molecule has 2 N–H and O–H groups in total. The van der Waals surface area contributed by atoms with Crippen LogP contribution in [0.3, 0.4) is 0 Å². The van der Waals surface area contributed by atoms with Crippen molar-refractivity contribution in [1.82, 2.24) is 14.9 Å². The highest BCUT2D eigenvalue weighted by Crippen LogP contribution is 2.23. The van der Waals surface area contributed by atoms with E-state index in [1.165, 1.54) is 0 Å². The molecule has 0 aromatic heterocycles. The summed E-state index contributed by atoms with van der Waals surface area (Å²) in [5.41, 5.74) is 1.37. The van der Waals surface area contributed by atoms with Gasteiger partial charge in [0.1, 0.15) is 5.75 Å². The van der Waals surface area contributed by atoms with Gasteiger partial charge in [0.15, 0.2) is 0 Å². The quantitative estimate of drug-likeness (QED) is 0.671. The number of carbonyl (C=O) groups excluding carboxylic acids is 2. The fourth-order valence-corrected chi connectivity index (χ4v) is 4.58. The second-order valence-electron chi connectivity index (χ2n) is 8.32. The Kier molecular flexibility index (Phi) is 8.22. The first kappa shape index (κ1) is 23.3. The molecule has 2 amide bonds. The summed E-state index contributed by atoms with van der Waals surface area (Å²) in [6.07, 6.45) is 3.65. The lowest BCUT2D eigenvalue weighted by Gasteiger charge is -2.26. The molecule has 1 fully saturated rings. The van der Waals surface area contributed by atoms with E-state index in [0.717, 1.165) is 31.2 Å². The zero-order valence-corrected chi connectivity index (χ0v) is 18.6. The summed E-state index contributed by atoms with van der Waals surface area (Å²) >= 11 is 0. The standard InChI is InChI=1S/C21H33N3O4S/c1-15(2)24(4)21(26)18-9-7-17(8-10-18)13-22-20(25)14-29(27,28)23-19-11-5-16(3)6-12-19/h7-10,15-16,19,23H,5-6,11-14H2,1-4H3,(H,22,25). The lowest BCUT2D eigenvalue weighted by molar-refractivity contribution is -0.118. The maximum Gasteiger partial charge on any atom is 0.253 e. The summed E-state index contributed by atoms with van der Waals surface area (Å²) in [5.74, 6) is -0.549. The fourth-order valence-electron chi connectivity index (χ4n) is 3.30. The molecule has 0 atom stereocenters. The van der Waals surface area contributed by atoms with E-state index in [0.29, 0.717) is 11.5 Å². The molecule has 2 rings (SSSR count). The van der Waals surface area contributed by atoms with Crippen molar-refractivity contribution in [2.24, 2.45) is 5.92 Å². The fraction of sp³-hybridized carbons (Fsp3) is 0.619. The van der Waals surface area contributed by atoms with Gasteiger partial charge in [-0.25, -0.2) is 13.1 Å². The lowest BCUT2D eigenvalue weighted by atomic mass is 9.88. The Morgan fingerprint density at radius 1 is 1.10 bits per heavy atom. The van der Waals surface area contributed by atoms with Crippen molar-refractivity contribution in [3.05, 3.63) is 35.4 Å². The number of rotatable bonds is 8. The van der Waals surface area contributed by atoms with Gasteiger partial charge < -0.3 is 10.2 Å². The maximum absolute atomic E-state index is 12.3. The summed E-state index contributed by atoms with van der Waals surface area (Å²) < 4.78 is 27.1. The number of amides is 2. The second-order valence-corrected chi connectivity index (χ2v) is 10.1. The Morgan fingerprint density at radius 3 is 2.24 bits per heavy atom. The number of nitrogens with one attached hydrogen (secondary N) is 2. The van der Waals surface area contributed by atoms with Crippen LogP contribution in [-0.2, 0) is 21.4 Å². The topological polar surface area (TPSA) is 95.6 Å². The van der Waals surface area contributed by atoms with Crippen LogP contribution in [-0.4, -0.2) is 50.0 Å². The van der Waals surface area contributed by atoms with Crippen molar-refractivity contribution in [3.63, 3.8) is 0 Å². The minimum absolute atomic E-state index is 0.0649. The number of hydrogen-bond acceptors (Lipinski definition) is 4. The second kappa shape index (κ2) is 10.2. The van der Waals surface area contributed by atoms with E-state index in [9.17, 15) is 18.0 Å². The third-order valence-corrected chi connectivity index (χ3v) is 6.80. The molecule has 7 nitrogen and oxygen atoms in total. The highest BCUT2D eigenvalue weighted by Gasteiger charge is 2.24. The Bertz CT molecular complexity index is 798. The van der Waals surface area contributed by atoms with Crippen LogP contribution in [0.2, 0.25) is 0 Å². The minimum atomic E-state index is -3.65. The van der Waals surface area contributed by atoms with Gasteiger partial charge in [-0.1, -0.05) is 19.1 Å². The number of benzene rings is 1. The van der Waals surface area contributed by atoms with Crippen LogP contribution >= 0.6 is 0 Å². The van der Waals surface area contributed by atoms with Crippen molar-refractivity contribution in [1.29, 1.82) is 0 Å². The van der Waals surface area contributed by atoms with Crippen LogP contribution in [0, 0.1) is 5.92 Å². The molecule has 0 bridgehead atoms. The molecule has 29 heavy (non-hydrogen) atoms. The Morgan fingerprint density at radius 2 is 1.69 bits per heavy atom. The van der Waals surface area contributed by atoms with E-state index >= 15 is 0 Å². The van der Waals surface area contributed by atoms with Gasteiger partial charge in [0, 0.05) is 31.2 Å². The Labute approximate surface area is 174 Å². The molecule has 1 aromatic carbocycles. The zero-order valence-electron chi connectivity index (χ0n) is 17.8. The molecular weight excluding hydrogens is 390 g/mol. The van der Waals surface area contributed by atoms with Crippen LogP contribution in [0.5, 0.6) is 0 Å². The first-order chi connectivity index (χ1) is 13.6. The largest absolute Gasteiger partial charge is 0.351 e. The summed E-state index contributed by atoms with van der Waals surface area (Å²) in [4.78, 5) is 26.0. The lowest BCUT2D eigenvalue weighted by Crippen LogP contribution is -2.42. The summed E-state index contributed by atoms with van der Waals surface area (Å²) in [6.45, 7) is 6.27. The van der Waals surface area contributed by atoms with Crippen LogP contribution < -0.4 is 10.0 Å². The molecule has 0 spiro atoms. The van der Waals surface area contributed by atoms with E-state index in [1.807, 2.05) is 13.8 Å². The molecule has 1 saturated carbocycles. The van der Waals surface area contributed by atoms with E-state index < -0.39 is 21.7 Å². The van der Waals surface area contributed by atoms with Crippen molar-refractivity contribution >= 4 is 21.8 Å². The molecule has 0 aliphatic heterocycles. The smallest absolute Gasteiger partial charge is 0.253 e. The van der Waals surface area contributed by atoms with E-state index in [-0.39, 0.29) is 24.5 Å². The SMILES string of the molecule is CC1CCC(NS(=O)(=O)CC(=O)NCc2ccc(C(=O)N(C)C(C)C)cc2)CC1. The maximum atomic E-state index is 12.3. The predicted octanol–water partition coefficient (Wildman–Crippen LogP) is 2.28. The molecule has 1 aliphatic carbocycles. The Balaban J connectivity index is 1.81. The van der Waals surface area contributed by atoms with Crippen LogP contribution in [0.1, 0.15) is 62.4 Å². The van der Waals surface area contributed by atoms with E-state index in [2.05, 4.69) is 17.0 Å². The first-order valence-corrected chi connectivity index (χ1v) is 11.9. The van der Waals surface area contributed by atoms with Crippen molar-refractivity contribution in [3.8, 4) is 0 Å². The highest BCUT2D eigenvalue weighted by molar-refractivity contribution is 7.90. The molecular formula is C21H33N3O4S. The highest BCUT2D eigenvalue weighted by atomic mass is 32.2. The molecule has 0 saturated heterocycles. The number of nitrogens with zero attached hydrogens (tertiary/aromatic N) is 1. The normalized spacial score (nSPS) is 19.8. The molecule has 0 heterocycles. The van der Waals surface area contributed by atoms with Gasteiger partial charge in [0.25, 0.3) is 5.91 Å². The molecule has 8 heteroatoms. The Hall–Kier alpha value is -1.93. The predicted molar refractivity (Wildman–Crippen MR) is 114 cm³/mol. The van der Waals surface area contributed by atoms with Gasteiger partial charge in [-0.2, -0.15) is 0 Å². The average molecular weight is 424 g/mol. The first-order valence-electron chi connectivity index (χ1n) is 10.2. The monoisotopic (exact) mass is 423 g/mol. The third kappa shape index (κ3) is 7.44. The van der Waals surface area contributed by atoms with Gasteiger partial charge in [0.05, 0.1) is 0 Å². The van der Waals surface area contributed by atoms with Gasteiger partial charge in [-0.15, -0.1) is 0 Å². The van der Waals surface area contributed by atoms with Crippen LogP contribution in [0.25, 0.3) is 0 Å². The van der Waals surface area contributed by atoms with Gasteiger partial charge in [-0.05, 0) is 63.1 Å². The van der Waals surface area contributed by atoms with Gasteiger partial charge in [0.2, 0.25) is 15.9 Å².